The van der Waals surface area contributed by atoms with E-state index in [1.807, 2.05) is 18.2 Å². The summed E-state index contributed by atoms with van der Waals surface area (Å²) in [5, 5.41) is 0. The molecule has 1 aromatic carbocycles. The Morgan fingerprint density at radius 3 is 3.14 bits per heavy atom. The van der Waals surface area contributed by atoms with Crippen LogP contribution in [0.25, 0.3) is 11.1 Å². The van der Waals surface area contributed by atoms with Gasteiger partial charge in [0.2, 0.25) is 0 Å². The van der Waals surface area contributed by atoms with E-state index in [0.717, 1.165) is 23.1 Å². The van der Waals surface area contributed by atoms with Crippen molar-refractivity contribution in [3.05, 3.63) is 30.2 Å². The molecule has 0 saturated heterocycles. The van der Waals surface area contributed by atoms with Crippen molar-refractivity contribution in [2.45, 2.75) is 12.5 Å². The first-order valence-electron chi connectivity index (χ1n) is 4.46. The second-order valence-corrected chi connectivity index (χ2v) is 3.54. The molecule has 74 valence electrons. The van der Waals surface area contributed by atoms with Crippen LogP contribution in [0.1, 0.15) is 18.0 Å². The Balaban J connectivity index is 2.33. The van der Waals surface area contributed by atoms with Crippen molar-refractivity contribution in [1.29, 1.82) is 0 Å². The summed E-state index contributed by atoms with van der Waals surface area (Å²) in [6, 6.07) is 5.76. The van der Waals surface area contributed by atoms with E-state index in [9.17, 15) is 0 Å². The third kappa shape index (κ3) is 1.74. The number of hydrogen-bond donors (Lipinski definition) is 1. The Kier molecular flexibility index (Phi) is 2.70. The van der Waals surface area contributed by atoms with E-state index in [2.05, 4.69) is 4.98 Å². The lowest BCUT2D eigenvalue weighted by Gasteiger charge is -2.08. The number of hydrogen-bond acceptors (Lipinski definition) is 3. The average Bonchev–Trinajstić information content (AvgIpc) is 2.64. The van der Waals surface area contributed by atoms with E-state index in [0.29, 0.717) is 5.88 Å². The van der Waals surface area contributed by atoms with Crippen LogP contribution in [0, 0.1) is 0 Å². The molecule has 2 aromatic rings. The summed E-state index contributed by atoms with van der Waals surface area (Å²) in [5.74, 6) is 0.565. The van der Waals surface area contributed by atoms with Gasteiger partial charge in [0.05, 0.1) is 0 Å². The first-order valence-corrected chi connectivity index (χ1v) is 4.99. The van der Waals surface area contributed by atoms with Gasteiger partial charge >= 0.3 is 0 Å². The van der Waals surface area contributed by atoms with E-state index in [1.54, 1.807) is 0 Å². The van der Waals surface area contributed by atoms with E-state index >= 15 is 0 Å². The standard InChI is InChI=1S/C10H11ClN2O/c11-4-3-8(12)7-1-2-9-10(5-7)14-6-13-9/h1-2,5-6,8H,3-4,12H2. The minimum Gasteiger partial charge on any atom is -0.443 e. The van der Waals surface area contributed by atoms with Crippen LogP contribution < -0.4 is 5.73 Å². The molecule has 1 aromatic heterocycles. The van der Waals surface area contributed by atoms with Crippen LogP contribution in [-0.2, 0) is 0 Å². The lowest BCUT2D eigenvalue weighted by molar-refractivity contribution is 0.600. The number of alkyl halides is 1. The fourth-order valence-corrected chi connectivity index (χ4v) is 1.62. The number of nitrogens with zero attached hydrogens (tertiary/aromatic N) is 1. The van der Waals surface area contributed by atoms with Crippen LogP contribution in [0.3, 0.4) is 0 Å². The Labute approximate surface area is 86.9 Å². The molecule has 1 unspecified atom stereocenters. The van der Waals surface area contributed by atoms with Gasteiger partial charge in [-0.15, -0.1) is 11.6 Å². The molecule has 2 rings (SSSR count). The summed E-state index contributed by atoms with van der Waals surface area (Å²) in [7, 11) is 0. The minimum absolute atomic E-state index is 0.0259. The zero-order valence-corrected chi connectivity index (χ0v) is 8.37. The topological polar surface area (TPSA) is 52.0 Å². The SMILES string of the molecule is NC(CCCl)c1ccc2ncoc2c1. The Hall–Kier alpha value is -1.06. The maximum absolute atomic E-state index is 5.92. The largest absolute Gasteiger partial charge is 0.443 e. The molecular formula is C10H11ClN2O. The number of nitrogens with two attached hydrogens (primary N) is 1. The summed E-state index contributed by atoms with van der Waals surface area (Å²) in [5.41, 5.74) is 8.58. The summed E-state index contributed by atoms with van der Waals surface area (Å²) in [6.45, 7) is 0. The highest BCUT2D eigenvalue weighted by molar-refractivity contribution is 6.17. The van der Waals surface area contributed by atoms with Gasteiger partial charge in [0.1, 0.15) is 5.52 Å². The predicted octanol–water partition coefficient (Wildman–Crippen LogP) is 2.46. The van der Waals surface area contributed by atoms with Gasteiger partial charge in [-0.05, 0) is 24.1 Å². The van der Waals surface area contributed by atoms with Crippen LogP contribution in [0.15, 0.2) is 29.0 Å². The molecule has 0 aliphatic rings. The summed E-state index contributed by atoms with van der Waals surface area (Å²) < 4.78 is 5.19. The van der Waals surface area contributed by atoms with Crippen molar-refractivity contribution in [3.8, 4) is 0 Å². The highest BCUT2D eigenvalue weighted by Crippen LogP contribution is 2.20. The van der Waals surface area contributed by atoms with Crippen LogP contribution in [-0.4, -0.2) is 10.9 Å². The summed E-state index contributed by atoms with van der Waals surface area (Å²) in [6.07, 6.45) is 2.20. The van der Waals surface area contributed by atoms with E-state index in [1.165, 1.54) is 6.39 Å². The molecule has 3 nitrogen and oxygen atoms in total. The molecule has 0 amide bonds. The quantitative estimate of drug-likeness (QED) is 0.792. The Morgan fingerprint density at radius 1 is 1.50 bits per heavy atom. The number of aromatic nitrogens is 1. The molecule has 0 radical (unpaired) electrons. The number of fused-ring (bicyclic) bond motifs is 1. The van der Waals surface area contributed by atoms with Crippen molar-refractivity contribution < 1.29 is 4.42 Å². The molecule has 0 spiro atoms. The normalized spacial score (nSPS) is 13.3. The molecule has 14 heavy (non-hydrogen) atoms. The van der Waals surface area contributed by atoms with E-state index in [-0.39, 0.29) is 6.04 Å². The zero-order valence-electron chi connectivity index (χ0n) is 7.61. The molecule has 0 bridgehead atoms. The smallest absolute Gasteiger partial charge is 0.181 e. The maximum atomic E-state index is 5.92. The number of benzene rings is 1. The monoisotopic (exact) mass is 210 g/mol. The van der Waals surface area contributed by atoms with Crippen LogP contribution >= 0.6 is 11.6 Å². The van der Waals surface area contributed by atoms with Gasteiger partial charge in [-0.1, -0.05) is 6.07 Å². The predicted molar refractivity (Wildman–Crippen MR) is 56.3 cm³/mol. The second-order valence-electron chi connectivity index (χ2n) is 3.16. The van der Waals surface area contributed by atoms with E-state index in [4.69, 9.17) is 21.8 Å². The van der Waals surface area contributed by atoms with Crippen molar-refractivity contribution in [2.75, 3.05) is 5.88 Å². The molecule has 0 aliphatic carbocycles. The Morgan fingerprint density at radius 2 is 2.36 bits per heavy atom. The van der Waals surface area contributed by atoms with Gasteiger partial charge < -0.3 is 10.2 Å². The van der Waals surface area contributed by atoms with Gasteiger partial charge in [-0.25, -0.2) is 4.98 Å². The second kappa shape index (κ2) is 3.98. The average molecular weight is 211 g/mol. The van der Waals surface area contributed by atoms with Crippen molar-refractivity contribution >= 4 is 22.7 Å². The van der Waals surface area contributed by atoms with Crippen LogP contribution in [0.5, 0.6) is 0 Å². The molecule has 0 aliphatic heterocycles. The number of rotatable bonds is 3. The van der Waals surface area contributed by atoms with Gasteiger partial charge in [0, 0.05) is 11.9 Å². The minimum atomic E-state index is -0.0259. The fraction of sp³-hybridized carbons (Fsp3) is 0.300. The fourth-order valence-electron chi connectivity index (χ4n) is 1.39. The maximum Gasteiger partial charge on any atom is 0.181 e. The van der Waals surface area contributed by atoms with E-state index < -0.39 is 0 Å². The molecule has 0 fully saturated rings. The van der Waals surface area contributed by atoms with Gasteiger partial charge in [-0.2, -0.15) is 0 Å². The molecule has 4 heteroatoms. The van der Waals surface area contributed by atoms with Gasteiger partial charge in [0.25, 0.3) is 0 Å². The molecule has 1 heterocycles. The summed E-state index contributed by atoms with van der Waals surface area (Å²) >= 11 is 5.63. The molecule has 2 N–H and O–H groups in total. The Bertz CT molecular complexity index is 427. The first-order chi connectivity index (χ1) is 6.81. The van der Waals surface area contributed by atoms with Crippen molar-refractivity contribution in [1.82, 2.24) is 4.98 Å². The zero-order chi connectivity index (χ0) is 9.97. The van der Waals surface area contributed by atoms with Crippen molar-refractivity contribution in [2.24, 2.45) is 5.73 Å². The van der Waals surface area contributed by atoms with Gasteiger partial charge in [0.15, 0.2) is 12.0 Å². The van der Waals surface area contributed by atoms with Gasteiger partial charge in [-0.3, -0.25) is 0 Å². The molecular weight excluding hydrogens is 200 g/mol. The summed E-state index contributed by atoms with van der Waals surface area (Å²) in [4.78, 5) is 4.03. The molecule has 1 atom stereocenters. The van der Waals surface area contributed by atoms with Crippen LogP contribution in [0.4, 0.5) is 0 Å². The lowest BCUT2D eigenvalue weighted by atomic mass is 10.1. The van der Waals surface area contributed by atoms with Crippen molar-refractivity contribution in [3.63, 3.8) is 0 Å². The lowest BCUT2D eigenvalue weighted by Crippen LogP contribution is -2.10. The highest BCUT2D eigenvalue weighted by atomic mass is 35.5. The number of halogens is 1. The third-order valence-corrected chi connectivity index (χ3v) is 2.42. The first kappa shape index (κ1) is 9.49. The molecule has 0 saturated carbocycles. The third-order valence-electron chi connectivity index (χ3n) is 2.20. The highest BCUT2D eigenvalue weighted by Gasteiger charge is 2.07. The number of oxazole rings is 1. The van der Waals surface area contributed by atoms with Crippen LogP contribution in [0.2, 0.25) is 0 Å².